The topological polar surface area (TPSA) is 47.0 Å². The Kier molecular flexibility index (Phi) is 4.03. The maximum Gasteiger partial charge on any atom is 0.392 e. The SMILES string of the molecule is C[C@H](CS(=O)(=O)c1ccc(Cl)nc1)C(F)(F)F. The Bertz CT molecular complexity index is 484. The Morgan fingerprint density at radius 1 is 1.41 bits per heavy atom. The van der Waals surface area contributed by atoms with Gasteiger partial charge in [-0.3, -0.25) is 0 Å². The Balaban J connectivity index is 2.94. The first-order valence-electron chi connectivity index (χ1n) is 4.54. The van der Waals surface area contributed by atoms with Gasteiger partial charge < -0.3 is 0 Å². The van der Waals surface area contributed by atoms with E-state index in [2.05, 4.69) is 4.98 Å². The summed E-state index contributed by atoms with van der Waals surface area (Å²) in [6, 6.07) is 2.35. The van der Waals surface area contributed by atoms with Crippen molar-refractivity contribution in [3.63, 3.8) is 0 Å². The molecule has 0 spiro atoms. The predicted octanol–water partition coefficient (Wildman–Crippen LogP) is 2.71. The van der Waals surface area contributed by atoms with Crippen LogP contribution in [0.4, 0.5) is 13.2 Å². The Morgan fingerprint density at radius 3 is 2.41 bits per heavy atom. The minimum atomic E-state index is -4.53. The molecule has 8 heteroatoms. The number of rotatable bonds is 3. The Morgan fingerprint density at radius 2 is 2.00 bits per heavy atom. The summed E-state index contributed by atoms with van der Waals surface area (Å²) in [7, 11) is -4.00. The van der Waals surface area contributed by atoms with E-state index >= 15 is 0 Å². The van der Waals surface area contributed by atoms with Crippen LogP contribution in [0.25, 0.3) is 0 Å². The highest BCUT2D eigenvalue weighted by Crippen LogP contribution is 2.28. The minimum absolute atomic E-state index is 0.0767. The van der Waals surface area contributed by atoms with Gasteiger partial charge in [-0.05, 0) is 12.1 Å². The van der Waals surface area contributed by atoms with E-state index in [0.29, 0.717) is 0 Å². The molecule has 1 aromatic rings. The molecule has 0 bridgehead atoms. The molecular formula is C9H9ClF3NO2S. The third kappa shape index (κ3) is 3.85. The second-order valence-corrected chi connectivity index (χ2v) is 5.96. The van der Waals surface area contributed by atoms with E-state index in [1.807, 2.05) is 0 Å². The van der Waals surface area contributed by atoms with Crippen molar-refractivity contribution < 1.29 is 21.6 Å². The molecule has 0 aromatic carbocycles. The van der Waals surface area contributed by atoms with Crippen LogP contribution < -0.4 is 0 Å². The standard InChI is InChI=1S/C9H9ClF3NO2S/c1-6(9(11,12)13)5-17(15,16)7-2-3-8(10)14-4-7/h2-4,6H,5H2,1H3/t6-/m1/s1. The highest BCUT2D eigenvalue weighted by molar-refractivity contribution is 7.91. The highest BCUT2D eigenvalue weighted by atomic mass is 35.5. The fourth-order valence-electron chi connectivity index (χ4n) is 1.07. The second-order valence-electron chi connectivity index (χ2n) is 3.54. The van der Waals surface area contributed by atoms with Gasteiger partial charge in [-0.25, -0.2) is 13.4 Å². The van der Waals surface area contributed by atoms with Crippen molar-refractivity contribution in [2.45, 2.75) is 18.0 Å². The number of nitrogens with zero attached hydrogens (tertiary/aromatic N) is 1. The molecule has 0 aliphatic heterocycles. The van der Waals surface area contributed by atoms with Gasteiger partial charge in [0, 0.05) is 6.20 Å². The molecule has 0 N–H and O–H groups in total. The van der Waals surface area contributed by atoms with Crippen molar-refractivity contribution in [3.8, 4) is 0 Å². The Labute approximate surface area is 102 Å². The van der Waals surface area contributed by atoms with Crippen molar-refractivity contribution in [2.75, 3.05) is 5.75 Å². The molecule has 3 nitrogen and oxygen atoms in total. The number of alkyl halides is 3. The first-order chi connectivity index (χ1) is 7.63. The quantitative estimate of drug-likeness (QED) is 0.803. The first kappa shape index (κ1) is 14.2. The maximum absolute atomic E-state index is 12.3. The summed E-state index contributed by atoms with van der Waals surface area (Å²) in [5, 5.41) is 0.0767. The number of hydrogen-bond acceptors (Lipinski definition) is 3. The van der Waals surface area contributed by atoms with Gasteiger partial charge in [-0.15, -0.1) is 0 Å². The molecule has 1 heterocycles. The molecule has 0 aliphatic rings. The van der Waals surface area contributed by atoms with Gasteiger partial charge in [0.2, 0.25) is 0 Å². The fraction of sp³-hybridized carbons (Fsp3) is 0.444. The van der Waals surface area contributed by atoms with E-state index in [4.69, 9.17) is 11.6 Å². The van der Waals surface area contributed by atoms with Crippen molar-refractivity contribution in [2.24, 2.45) is 5.92 Å². The summed E-state index contributed by atoms with van der Waals surface area (Å²) in [4.78, 5) is 3.25. The first-order valence-corrected chi connectivity index (χ1v) is 6.57. The van der Waals surface area contributed by atoms with Crippen LogP contribution in [-0.4, -0.2) is 25.3 Å². The zero-order chi connectivity index (χ0) is 13.3. The minimum Gasteiger partial charge on any atom is -0.243 e. The van der Waals surface area contributed by atoms with E-state index in [9.17, 15) is 21.6 Å². The third-order valence-corrected chi connectivity index (χ3v) is 4.21. The zero-order valence-corrected chi connectivity index (χ0v) is 10.3. The van der Waals surface area contributed by atoms with Crippen molar-refractivity contribution >= 4 is 21.4 Å². The largest absolute Gasteiger partial charge is 0.392 e. The van der Waals surface area contributed by atoms with E-state index in [-0.39, 0.29) is 10.0 Å². The summed E-state index contributed by atoms with van der Waals surface area (Å²) in [6.45, 7) is 0.820. The monoisotopic (exact) mass is 287 g/mol. The van der Waals surface area contributed by atoms with E-state index in [1.165, 1.54) is 6.07 Å². The number of aromatic nitrogens is 1. The summed E-state index contributed by atoms with van der Waals surface area (Å²) in [6.07, 6.45) is -3.59. The smallest absolute Gasteiger partial charge is 0.243 e. The summed E-state index contributed by atoms with van der Waals surface area (Å²) >= 11 is 5.45. The van der Waals surface area contributed by atoms with Gasteiger partial charge in [-0.2, -0.15) is 13.2 Å². The summed E-state index contributed by atoms with van der Waals surface area (Å²) in [5.74, 6) is -2.93. The van der Waals surface area contributed by atoms with E-state index in [1.54, 1.807) is 0 Å². The number of pyridine rings is 1. The zero-order valence-electron chi connectivity index (χ0n) is 8.70. The van der Waals surface area contributed by atoms with Crippen LogP contribution in [0.15, 0.2) is 23.2 Å². The molecule has 0 saturated heterocycles. The van der Waals surface area contributed by atoms with Crippen LogP contribution in [0.3, 0.4) is 0 Å². The second kappa shape index (κ2) is 4.81. The van der Waals surface area contributed by atoms with Crippen LogP contribution in [0.5, 0.6) is 0 Å². The fourth-order valence-corrected chi connectivity index (χ4v) is 2.71. The van der Waals surface area contributed by atoms with Crippen LogP contribution in [-0.2, 0) is 9.84 Å². The number of hydrogen-bond donors (Lipinski definition) is 0. The molecule has 1 aromatic heterocycles. The predicted molar refractivity (Wildman–Crippen MR) is 56.5 cm³/mol. The Hall–Kier alpha value is -0.820. The molecule has 0 fully saturated rings. The molecule has 1 rings (SSSR count). The lowest BCUT2D eigenvalue weighted by Gasteiger charge is -2.15. The molecule has 0 saturated carbocycles. The van der Waals surface area contributed by atoms with Gasteiger partial charge in [-0.1, -0.05) is 18.5 Å². The molecule has 17 heavy (non-hydrogen) atoms. The van der Waals surface area contributed by atoms with Crippen LogP contribution >= 0.6 is 11.6 Å². The lowest BCUT2D eigenvalue weighted by atomic mass is 10.2. The maximum atomic E-state index is 12.3. The molecule has 0 aliphatic carbocycles. The molecule has 0 amide bonds. The lowest BCUT2D eigenvalue weighted by Crippen LogP contribution is -2.27. The van der Waals surface area contributed by atoms with Gasteiger partial charge in [0.25, 0.3) is 0 Å². The molecular weight excluding hydrogens is 279 g/mol. The van der Waals surface area contributed by atoms with E-state index in [0.717, 1.165) is 19.2 Å². The van der Waals surface area contributed by atoms with Gasteiger partial charge in [0.05, 0.1) is 16.6 Å². The van der Waals surface area contributed by atoms with Gasteiger partial charge >= 0.3 is 6.18 Å². The average molecular weight is 288 g/mol. The average Bonchev–Trinajstić information content (AvgIpc) is 2.16. The molecule has 1 atom stereocenters. The number of sulfone groups is 1. The van der Waals surface area contributed by atoms with Crippen molar-refractivity contribution in [3.05, 3.63) is 23.5 Å². The van der Waals surface area contributed by atoms with Gasteiger partial charge in [0.15, 0.2) is 9.84 Å². The normalized spacial score (nSPS) is 14.6. The molecule has 96 valence electrons. The molecule has 0 unspecified atom stereocenters. The summed E-state index contributed by atoms with van der Waals surface area (Å²) in [5.41, 5.74) is 0. The summed E-state index contributed by atoms with van der Waals surface area (Å²) < 4.78 is 60.0. The van der Waals surface area contributed by atoms with Gasteiger partial charge in [0.1, 0.15) is 5.15 Å². The third-order valence-electron chi connectivity index (χ3n) is 2.09. The van der Waals surface area contributed by atoms with Crippen LogP contribution in [0.2, 0.25) is 5.15 Å². The van der Waals surface area contributed by atoms with Crippen molar-refractivity contribution in [1.82, 2.24) is 4.98 Å². The lowest BCUT2D eigenvalue weighted by molar-refractivity contribution is -0.163. The highest BCUT2D eigenvalue weighted by Gasteiger charge is 2.39. The number of halogens is 4. The van der Waals surface area contributed by atoms with Crippen LogP contribution in [0, 0.1) is 5.92 Å². The van der Waals surface area contributed by atoms with Crippen LogP contribution in [0.1, 0.15) is 6.92 Å². The molecule has 0 radical (unpaired) electrons. The van der Waals surface area contributed by atoms with Crippen molar-refractivity contribution in [1.29, 1.82) is 0 Å². The van der Waals surface area contributed by atoms with E-state index < -0.39 is 27.7 Å².